The number of carboxylic acids is 1. The van der Waals surface area contributed by atoms with Crippen molar-refractivity contribution in [2.24, 2.45) is 0 Å². The fourth-order valence-electron chi connectivity index (χ4n) is 1.76. The second-order valence-electron chi connectivity index (χ2n) is 4.27. The summed E-state index contributed by atoms with van der Waals surface area (Å²) in [4.78, 5) is 15.3. The van der Waals surface area contributed by atoms with Gasteiger partial charge in [0.1, 0.15) is 0 Å². The van der Waals surface area contributed by atoms with Gasteiger partial charge in [0.25, 0.3) is 0 Å². The van der Waals surface area contributed by atoms with E-state index in [1.807, 2.05) is 19.1 Å². The number of hydrogen-bond acceptors (Lipinski definition) is 2. The number of aryl methyl sites for hydroxylation is 1. The molecule has 2 rings (SSSR count). The lowest BCUT2D eigenvalue weighted by molar-refractivity contribution is 0.0696. The zero-order valence-corrected chi connectivity index (χ0v) is 13.1. The van der Waals surface area contributed by atoms with Crippen LogP contribution in [0.3, 0.4) is 0 Å². The maximum Gasteiger partial charge on any atom is 0.335 e. The van der Waals surface area contributed by atoms with Gasteiger partial charge < -0.3 is 5.11 Å². The summed E-state index contributed by atoms with van der Waals surface area (Å²) in [6.45, 7) is 1.93. The Hall–Kier alpha value is -1.14. The predicted molar refractivity (Wildman–Crippen MR) is 82.9 cm³/mol. The summed E-state index contributed by atoms with van der Waals surface area (Å²) in [5.41, 5.74) is 2.93. The Bertz CT molecular complexity index is 643. The van der Waals surface area contributed by atoms with Crippen LogP contribution in [0.5, 0.6) is 0 Å². The Morgan fingerprint density at radius 3 is 2.74 bits per heavy atom. The highest BCUT2D eigenvalue weighted by molar-refractivity contribution is 14.1. The van der Waals surface area contributed by atoms with E-state index in [1.54, 1.807) is 18.3 Å². The highest BCUT2D eigenvalue weighted by Gasteiger charge is 2.09. The molecule has 5 heteroatoms. The quantitative estimate of drug-likeness (QED) is 0.812. The molecule has 0 unspecified atom stereocenters. The number of nitrogens with zero attached hydrogens (tertiary/aromatic N) is 1. The summed E-state index contributed by atoms with van der Waals surface area (Å²) < 4.78 is 0.885. The zero-order chi connectivity index (χ0) is 14.0. The van der Waals surface area contributed by atoms with Crippen molar-refractivity contribution in [2.45, 2.75) is 13.3 Å². The van der Waals surface area contributed by atoms with Gasteiger partial charge in [0, 0.05) is 16.2 Å². The largest absolute Gasteiger partial charge is 0.478 e. The Labute approximate surface area is 129 Å². The zero-order valence-electron chi connectivity index (χ0n) is 10.2. The van der Waals surface area contributed by atoms with Crippen molar-refractivity contribution < 1.29 is 9.90 Å². The first-order chi connectivity index (χ1) is 8.95. The van der Waals surface area contributed by atoms with Gasteiger partial charge in [-0.1, -0.05) is 11.6 Å². The Morgan fingerprint density at radius 1 is 1.37 bits per heavy atom. The van der Waals surface area contributed by atoms with E-state index in [1.165, 1.54) is 0 Å². The van der Waals surface area contributed by atoms with Gasteiger partial charge in [-0.2, -0.15) is 0 Å². The fraction of sp³-hybridized carbons (Fsp3) is 0.143. The molecule has 0 aliphatic carbocycles. The number of rotatable bonds is 3. The molecule has 3 nitrogen and oxygen atoms in total. The van der Waals surface area contributed by atoms with Crippen LogP contribution < -0.4 is 0 Å². The van der Waals surface area contributed by atoms with Gasteiger partial charge in [-0.05, 0) is 64.9 Å². The van der Waals surface area contributed by atoms with E-state index in [2.05, 4.69) is 27.6 Å². The lowest BCUT2D eigenvalue weighted by atomic mass is 10.1. The number of hydrogen-bond donors (Lipinski definition) is 1. The lowest BCUT2D eigenvalue weighted by Gasteiger charge is -2.06. The average molecular weight is 388 g/mol. The van der Waals surface area contributed by atoms with Gasteiger partial charge >= 0.3 is 5.97 Å². The molecule has 0 amide bonds. The molecule has 0 fully saturated rings. The van der Waals surface area contributed by atoms with Gasteiger partial charge in [-0.15, -0.1) is 0 Å². The smallest absolute Gasteiger partial charge is 0.335 e. The normalized spacial score (nSPS) is 10.5. The monoisotopic (exact) mass is 387 g/mol. The van der Waals surface area contributed by atoms with Crippen molar-refractivity contribution in [2.75, 3.05) is 0 Å². The van der Waals surface area contributed by atoms with Crippen LogP contribution in [0.1, 0.15) is 27.2 Å². The first kappa shape index (κ1) is 14.3. The third-order valence-corrected chi connectivity index (χ3v) is 3.58. The van der Waals surface area contributed by atoms with Crippen LogP contribution >= 0.6 is 34.2 Å². The molecule has 0 bridgehead atoms. The summed E-state index contributed by atoms with van der Waals surface area (Å²) in [7, 11) is 0. The van der Waals surface area contributed by atoms with Gasteiger partial charge in [-0.3, -0.25) is 4.98 Å². The molecular weight excluding hydrogens is 377 g/mol. The number of aromatic carboxylic acids is 1. The summed E-state index contributed by atoms with van der Waals surface area (Å²) in [5.74, 6) is -0.928. The fourth-order valence-corrected chi connectivity index (χ4v) is 2.78. The molecule has 98 valence electrons. The standard InChI is InChI=1S/C14H11ClINO2/c1-8-2-12(15)13(17-7-8)5-9-3-10(14(18)19)6-11(16)4-9/h2-4,6-7H,5H2,1H3,(H,18,19). The summed E-state index contributed by atoms with van der Waals surface area (Å²) in [6, 6.07) is 7.08. The summed E-state index contributed by atoms with van der Waals surface area (Å²) >= 11 is 8.25. The van der Waals surface area contributed by atoms with Crippen LogP contribution in [-0.4, -0.2) is 16.1 Å². The maximum atomic E-state index is 11.0. The van der Waals surface area contributed by atoms with Crippen molar-refractivity contribution in [1.29, 1.82) is 0 Å². The van der Waals surface area contributed by atoms with Crippen molar-refractivity contribution in [3.8, 4) is 0 Å². The van der Waals surface area contributed by atoms with E-state index in [0.29, 0.717) is 11.4 Å². The molecule has 19 heavy (non-hydrogen) atoms. The van der Waals surface area contributed by atoms with Gasteiger partial charge in [-0.25, -0.2) is 4.79 Å². The topological polar surface area (TPSA) is 50.2 Å². The molecule has 2 aromatic rings. The van der Waals surface area contributed by atoms with Crippen molar-refractivity contribution in [3.05, 3.63) is 61.4 Å². The molecule has 1 aromatic heterocycles. The predicted octanol–water partition coefficient (Wildman–Crippen LogP) is 3.94. The molecule has 0 radical (unpaired) electrons. The first-order valence-corrected chi connectivity index (χ1v) is 7.05. The van der Waals surface area contributed by atoms with E-state index in [9.17, 15) is 4.79 Å². The molecule has 0 saturated carbocycles. The summed E-state index contributed by atoms with van der Waals surface area (Å²) in [6.07, 6.45) is 2.28. The van der Waals surface area contributed by atoms with Gasteiger partial charge in [0.2, 0.25) is 0 Å². The van der Waals surface area contributed by atoms with Crippen molar-refractivity contribution in [1.82, 2.24) is 4.98 Å². The number of carbonyl (C=O) groups is 1. The van der Waals surface area contributed by atoms with Crippen molar-refractivity contribution >= 4 is 40.2 Å². The molecule has 0 atom stereocenters. The van der Waals surface area contributed by atoms with Crippen molar-refractivity contribution in [3.63, 3.8) is 0 Å². The van der Waals surface area contributed by atoms with Crippen LogP contribution in [0, 0.1) is 10.5 Å². The minimum absolute atomic E-state index is 0.283. The van der Waals surface area contributed by atoms with E-state index in [-0.39, 0.29) is 5.56 Å². The molecule has 0 spiro atoms. The highest BCUT2D eigenvalue weighted by atomic mass is 127. The highest BCUT2D eigenvalue weighted by Crippen LogP contribution is 2.20. The minimum atomic E-state index is -0.928. The van der Waals surface area contributed by atoms with Crippen LogP contribution in [0.2, 0.25) is 5.02 Å². The van der Waals surface area contributed by atoms with E-state index >= 15 is 0 Å². The van der Waals surface area contributed by atoms with E-state index < -0.39 is 5.97 Å². The Morgan fingerprint density at radius 2 is 2.11 bits per heavy atom. The third-order valence-electron chi connectivity index (χ3n) is 2.63. The van der Waals surface area contributed by atoms with Crippen LogP contribution in [-0.2, 0) is 6.42 Å². The SMILES string of the molecule is Cc1cnc(Cc2cc(I)cc(C(=O)O)c2)c(Cl)c1. The number of carboxylic acid groups (broad SMARTS) is 1. The molecule has 1 aromatic carbocycles. The number of halogens is 2. The molecular formula is C14H11ClINO2. The first-order valence-electron chi connectivity index (χ1n) is 5.59. The number of benzene rings is 1. The van der Waals surface area contributed by atoms with E-state index in [4.69, 9.17) is 16.7 Å². The third kappa shape index (κ3) is 3.67. The second-order valence-corrected chi connectivity index (χ2v) is 5.92. The molecule has 1 N–H and O–H groups in total. The molecule has 0 aliphatic heterocycles. The Balaban J connectivity index is 2.35. The van der Waals surface area contributed by atoms with Gasteiger partial charge in [0.05, 0.1) is 16.3 Å². The van der Waals surface area contributed by atoms with Crippen LogP contribution in [0.25, 0.3) is 0 Å². The van der Waals surface area contributed by atoms with E-state index in [0.717, 1.165) is 20.4 Å². The molecule has 0 saturated heterocycles. The van der Waals surface area contributed by atoms with Crippen LogP contribution in [0.4, 0.5) is 0 Å². The Kier molecular flexibility index (Phi) is 4.42. The number of aromatic nitrogens is 1. The second kappa shape index (κ2) is 5.88. The van der Waals surface area contributed by atoms with Crippen LogP contribution in [0.15, 0.2) is 30.5 Å². The minimum Gasteiger partial charge on any atom is -0.478 e. The maximum absolute atomic E-state index is 11.0. The summed E-state index contributed by atoms with van der Waals surface area (Å²) in [5, 5.41) is 9.65. The van der Waals surface area contributed by atoms with Gasteiger partial charge in [0.15, 0.2) is 0 Å². The number of pyridine rings is 1. The molecule has 1 heterocycles. The lowest BCUT2D eigenvalue weighted by Crippen LogP contribution is -2.00. The average Bonchev–Trinajstić information content (AvgIpc) is 2.32. The molecule has 0 aliphatic rings.